The summed E-state index contributed by atoms with van der Waals surface area (Å²) in [5.41, 5.74) is 22.7. The smallest absolute Gasteiger partial charge is 0.399 e. The Balaban J connectivity index is 0.000000113. The van der Waals surface area contributed by atoms with Gasteiger partial charge in [0.05, 0.1) is 67.3 Å². The molecule has 3 aliphatic carbocycles. The highest BCUT2D eigenvalue weighted by Crippen LogP contribution is 2.53. The first kappa shape index (κ1) is 63.1. The molecule has 104 heavy (non-hydrogen) atoms. The first-order valence-corrected chi connectivity index (χ1v) is 36.2. The molecule has 496 valence electrons. The summed E-state index contributed by atoms with van der Waals surface area (Å²) in [5, 5.41) is 20.3. The summed E-state index contributed by atoms with van der Waals surface area (Å²) < 4.78 is 12.4. The Bertz CT molecular complexity index is 6640. The van der Waals surface area contributed by atoms with Gasteiger partial charge in [-0.1, -0.05) is 214 Å². The third kappa shape index (κ3) is 10.0. The summed E-state index contributed by atoms with van der Waals surface area (Å²) in [6.45, 7) is 19.9. The van der Waals surface area contributed by atoms with Gasteiger partial charge in [-0.3, -0.25) is 9.97 Å². The number of rotatable bonds is 4. The van der Waals surface area contributed by atoms with Crippen LogP contribution in [0.1, 0.15) is 83.2 Å². The molecule has 0 saturated carbocycles. The third-order valence-electron chi connectivity index (χ3n) is 23.2. The number of aryl methyl sites for hydroxylation is 1. The fraction of sp³-hybridized carbons (Fsp3) is 0.134. The van der Waals surface area contributed by atoms with E-state index in [0.717, 1.165) is 71.6 Å². The number of aromatic nitrogens is 4. The lowest BCUT2D eigenvalue weighted by atomic mass is 9.78. The molecule has 0 atom stereocenters. The van der Waals surface area contributed by atoms with Crippen molar-refractivity contribution in [2.45, 2.75) is 84.3 Å². The molecule has 5 heterocycles. The van der Waals surface area contributed by atoms with Crippen molar-refractivity contribution in [1.82, 2.24) is 19.9 Å². The summed E-state index contributed by atoms with van der Waals surface area (Å²) in [4.78, 5) is 19.3. The highest BCUT2D eigenvalue weighted by atomic mass is 16.7. The fourth-order valence-corrected chi connectivity index (χ4v) is 17.0. The highest BCUT2D eigenvalue weighted by molar-refractivity contribution is 6.62. The van der Waals surface area contributed by atoms with E-state index in [1.165, 1.54) is 126 Å². The molecule has 13 aromatic carbocycles. The zero-order valence-electron chi connectivity index (χ0n) is 59.8. The van der Waals surface area contributed by atoms with E-state index in [4.69, 9.17) is 19.3 Å². The van der Waals surface area contributed by atoms with Gasteiger partial charge in [-0.2, -0.15) is 0 Å². The van der Waals surface area contributed by atoms with Crippen molar-refractivity contribution in [3.8, 4) is 44.8 Å². The van der Waals surface area contributed by atoms with Crippen LogP contribution in [-0.4, -0.2) is 38.3 Å². The number of fused-ring (bicyclic) bond motifs is 23. The topological polar surface area (TPSA) is 70.0 Å². The molecule has 1 aliphatic heterocycles. The van der Waals surface area contributed by atoms with E-state index in [9.17, 15) is 0 Å². The molecule has 0 amide bonds. The van der Waals surface area contributed by atoms with Gasteiger partial charge >= 0.3 is 7.12 Å². The van der Waals surface area contributed by atoms with Crippen LogP contribution in [0.3, 0.4) is 0 Å². The lowest BCUT2D eigenvalue weighted by Crippen LogP contribution is -2.41. The van der Waals surface area contributed by atoms with Crippen molar-refractivity contribution in [3.05, 3.63) is 325 Å². The largest absolute Gasteiger partial charge is 0.494 e. The van der Waals surface area contributed by atoms with Crippen LogP contribution in [-0.2, 0) is 20.1 Å². The van der Waals surface area contributed by atoms with Crippen LogP contribution in [0.25, 0.3) is 159 Å². The fourth-order valence-electron chi connectivity index (χ4n) is 17.0. The second kappa shape index (κ2) is 23.6. The lowest BCUT2D eigenvalue weighted by Gasteiger charge is -2.32. The van der Waals surface area contributed by atoms with Gasteiger partial charge in [0.2, 0.25) is 0 Å². The second-order valence-corrected chi connectivity index (χ2v) is 30.7. The monoisotopic (exact) mass is 1340 g/mol. The van der Waals surface area contributed by atoms with E-state index in [1.54, 1.807) is 0 Å². The van der Waals surface area contributed by atoms with Crippen LogP contribution in [0.2, 0.25) is 0 Å². The summed E-state index contributed by atoms with van der Waals surface area (Å²) in [5.74, 6) is 0. The van der Waals surface area contributed by atoms with Crippen molar-refractivity contribution >= 4 is 126 Å². The Morgan fingerprint density at radius 2 is 0.808 bits per heavy atom. The zero-order valence-corrected chi connectivity index (χ0v) is 59.8. The van der Waals surface area contributed by atoms with Crippen molar-refractivity contribution in [3.63, 3.8) is 0 Å². The molecule has 0 unspecified atom stereocenters. The molecule has 17 aromatic rings. The van der Waals surface area contributed by atoms with Gasteiger partial charge in [-0.15, -0.1) is 0 Å². The van der Waals surface area contributed by atoms with E-state index in [1.807, 2.05) is 42.7 Å². The molecular weight excluding hydrogens is 1260 g/mol. The first-order valence-electron chi connectivity index (χ1n) is 36.2. The van der Waals surface area contributed by atoms with Crippen LogP contribution in [0.5, 0.6) is 0 Å². The van der Waals surface area contributed by atoms with Gasteiger partial charge < -0.3 is 9.31 Å². The minimum atomic E-state index is -0.386. The van der Waals surface area contributed by atoms with E-state index in [0.29, 0.717) is 0 Å². The van der Waals surface area contributed by atoms with Crippen LogP contribution in [0.4, 0.5) is 0 Å². The Morgan fingerprint density at radius 1 is 0.337 bits per heavy atom. The average Bonchev–Trinajstić information content (AvgIpc) is 1.48. The third-order valence-corrected chi connectivity index (χ3v) is 23.2. The van der Waals surface area contributed by atoms with Crippen LogP contribution < -0.4 is 5.46 Å². The van der Waals surface area contributed by atoms with Crippen molar-refractivity contribution in [2.24, 2.45) is 0 Å². The number of benzene rings is 13. The second-order valence-electron chi connectivity index (χ2n) is 30.7. The summed E-state index contributed by atoms with van der Waals surface area (Å²) in [7, 11) is -0.386. The van der Waals surface area contributed by atoms with E-state index in [-0.39, 0.29) is 29.2 Å². The molecule has 0 N–H and O–H groups in total. The number of hydrogen-bond donors (Lipinski definition) is 0. The Hall–Kier alpha value is -11.8. The number of nitrogens with zero attached hydrogens (tertiary/aromatic N) is 4. The van der Waals surface area contributed by atoms with Crippen molar-refractivity contribution in [2.75, 3.05) is 0 Å². The van der Waals surface area contributed by atoms with E-state index < -0.39 is 0 Å². The normalized spacial score (nSPS) is 15.6. The molecule has 6 nitrogen and oxygen atoms in total. The summed E-state index contributed by atoms with van der Waals surface area (Å²) in [6, 6.07) is 92.3. The molecule has 1 saturated heterocycles. The zero-order chi connectivity index (χ0) is 70.5. The van der Waals surface area contributed by atoms with Crippen molar-refractivity contribution in [1.29, 1.82) is 0 Å². The van der Waals surface area contributed by atoms with Gasteiger partial charge in [-0.05, 0) is 224 Å². The Labute approximate surface area is 605 Å². The molecule has 0 spiro atoms. The van der Waals surface area contributed by atoms with Gasteiger partial charge in [0.25, 0.3) is 0 Å². The highest BCUT2D eigenvalue weighted by Gasteiger charge is 2.52. The number of hydrogen-bond acceptors (Lipinski definition) is 6. The average molecular weight is 1340 g/mol. The van der Waals surface area contributed by atoms with Gasteiger partial charge in [0.1, 0.15) is 12.2 Å². The molecule has 0 bridgehead atoms. The maximum Gasteiger partial charge on any atom is 0.494 e. The molecule has 7 heteroatoms. The first-order chi connectivity index (χ1) is 50.4. The van der Waals surface area contributed by atoms with E-state index in [2.05, 4.69) is 321 Å². The molecule has 21 rings (SSSR count). The maximum atomic E-state index is 6.22. The van der Waals surface area contributed by atoms with Crippen molar-refractivity contribution < 1.29 is 9.31 Å². The standard InChI is InChI=1S/C45H30N2.C28H21.C24H23BN2O2/c1-45(2)40-15-6-5-14-35(40)39-25-37-33-13-4-3-12-32(33)36-24-30(18-20-34(36)38(37)26-41(39)45)29-9-7-10-31(23-29)42-21-19-28-17-16-27-11-8-22-46-43(27)44(28)47-42;1-17-12-13-20-22(14-17)18-8-4-5-9-19(18)23-15-25-21-10-6-7-11-26(21)28(2,3)27(25)16-24(20)23;1-23(2)24(3,4)29-25(28-23)19-9-5-7-18(15-19)20-13-12-17-11-10-16-8-6-14-26-21(16)22(17)27-20/h3-26H,1-2H3;4-6,8-16H,1-3H3;5-15H,1-4H3/q;+1;. The molecule has 4 aliphatic rings. The summed E-state index contributed by atoms with van der Waals surface area (Å²) in [6.07, 6.45) is 13.4. The summed E-state index contributed by atoms with van der Waals surface area (Å²) >= 11 is 0. The Kier molecular flexibility index (Phi) is 14.3. The quantitative estimate of drug-likeness (QED) is 0.0993. The van der Waals surface area contributed by atoms with Gasteiger partial charge in [0.15, 0.2) is 0 Å². The Morgan fingerprint density at radius 3 is 1.42 bits per heavy atom. The van der Waals surface area contributed by atoms with Crippen LogP contribution >= 0.6 is 0 Å². The predicted octanol–water partition coefficient (Wildman–Crippen LogP) is 24.1. The molecular formula is C97H74BN4O2+. The number of pyridine rings is 4. The number of allylic oxidation sites excluding steroid dienone is 6. The van der Waals surface area contributed by atoms with Gasteiger partial charge in [0, 0.05) is 56.6 Å². The molecule has 1 fully saturated rings. The maximum absolute atomic E-state index is 6.22. The van der Waals surface area contributed by atoms with Crippen LogP contribution in [0.15, 0.2) is 291 Å². The minimum Gasteiger partial charge on any atom is -0.399 e. The van der Waals surface area contributed by atoms with E-state index >= 15 is 0 Å². The lowest BCUT2D eigenvalue weighted by molar-refractivity contribution is 0.00578. The predicted molar refractivity (Wildman–Crippen MR) is 437 cm³/mol. The van der Waals surface area contributed by atoms with Crippen LogP contribution in [0, 0.1) is 13.0 Å². The minimum absolute atomic E-state index is 0.000712. The molecule has 0 radical (unpaired) electrons. The SMILES string of the molecule is CC1(C)OB(c2cccc(-c3ccc4ccc5cccnc5c4n3)c2)OC1(C)C.CC1(C)c2ccccc2-c2cc3c4ccccc4c4cc(-c5cccc(-c6ccc7ccc8cccnc8c7n6)c5)ccc4c3cc21.Cc1ccc2c(c1)c1ccccc1c1cc3c(cc21)C(C)(C)C1=C3C=C[C+]=C1. The van der Waals surface area contributed by atoms with Gasteiger partial charge in [-0.25, -0.2) is 9.97 Å². The molecule has 4 aromatic heterocycles.